The highest BCUT2D eigenvalue weighted by Crippen LogP contribution is 2.08. The molecule has 0 radical (unpaired) electrons. The fraction of sp³-hybridized carbons (Fsp3) is 0.833. The van der Waals surface area contributed by atoms with E-state index in [1.807, 2.05) is 0 Å². The number of Topliss-reactive ketones (excluding diaryl/α,β-unsaturated/α-hetero) is 1. The Labute approximate surface area is 97.2 Å². The predicted octanol–water partition coefficient (Wildman–Crippen LogP) is 1.54. The molecular weight excluding hydrogens is 206 g/mol. The van der Waals surface area contributed by atoms with Crippen LogP contribution in [0.25, 0.3) is 0 Å². The third-order valence-corrected chi connectivity index (χ3v) is 2.56. The Morgan fingerprint density at radius 3 is 2.25 bits per heavy atom. The van der Waals surface area contributed by atoms with Crippen LogP contribution in [-0.2, 0) is 9.59 Å². The molecule has 0 saturated carbocycles. The number of nitrogens with two attached hydrogens (primary N) is 1. The topological polar surface area (TPSA) is 80.4 Å². The summed E-state index contributed by atoms with van der Waals surface area (Å²) >= 11 is 0. The van der Waals surface area contributed by atoms with Gasteiger partial charge in [-0.25, -0.2) is 0 Å². The predicted molar refractivity (Wildman–Crippen MR) is 62.8 cm³/mol. The molecule has 0 aliphatic carbocycles. The molecular formula is C12H23NO3. The Morgan fingerprint density at radius 1 is 1.12 bits per heavy atom. The summed E-state index contributed by atoms with van der Waals surface area (Å²) in [5.74, 6) is -0.905. The van der Waals surface area contributed by atoms with E-state index in [4.69, 9.17) is 10.8 Å². The van der Waals surface area contributed by atoms with E-state index in [-0.39, 0.29) is 12.2 Å². The third kappa shape index (κ3) is 8.41. The van der Waals surface area contributed by atoms with Crippen molar-refractivity contribution in [3.63, 3.8) is 0 Å². The minimum Gasteiger partial charge on any atom is -0.383 e. The molecule has 0 rings (SSSR count). The van der Waals surface area contributed by atoms with Crippen molar-refractivity contribution in [1.82, 2.24) is 0 Å². The van der Waals surface area contributed by atoms with Crippen LogP contribution in [0.5, 0.6) is 0 Å². The van der Waals surface area contributed by atoms with Crippen molar-refractivity contribution in [1.29, 1.82) is 0 Å². The van der Waals surface area contributed by atoms with Gasteiger partial charge in [-0.1, -0.05) is 39.0 Å². The van der Waals surface area contributed by atoms with Crippen molar-refractivity contribution >= 4 is 11.7 Å². The zero-order chi connectivity index (χ0) is 12.4. The van der Waals surface area contributed by atoms with Gasteiger partial charge < -0.3 is 10.8 Å². The fourth-order valence-electron chi connectivity index (χ4n) is 1.52. The van der Waals surface area contributed by atoms with Crippen molar-refractivity contribution in [3.8, 4) is 0 Å². The molecule has 0 aliphatic heterocycles. The van der Waals surface area contributed by atoms with Gasteiger partial charge in [0.15, 0.2) is 0 Å². The first-order chi connectivity index (χ1) is 7.57. The average Bonchev–Trinajstić information content (AvgIpc) is 2.23. The number of hydrogen-bond acceptors (Lipinski definition) is 3. The van der Waals surface area contributed by atoms with Crippen molar-refractivity contribution in [2.75, 3.05) is 0 Å². The smallest absolute Gasteiger partial charge is 0.246 e. The van der Waals surface area contributed by atoms with E-state index in [9.17, 15) is 9.59 Å². The van der Waals surface area contributed by atoms with Crippen molar-refractivity contribution in [3.05, 3.63) is 0 Å². The van der Waals surface area contributed by atoms with E-state index < -0.39 is 12.0 Å². The van der Waals surface area contributed by atoms with Gasteiger partial charge in [-0.3, -0.25) is 9.59 Å². The van der Waals surface area contributed by atoms with E-state index in [1.54, 1.807) is 0 Å². The van der Waals surface area contributed by atoms with Gasteiger partial charge in [0.05, 0.1) is 0 Å². The Kier molecular flexibility index (Phi) is 8.81. The lowest BCUT2D eigenvalue weighted by molar-refractivity contribution is -0.131. The zero-order valence-corrected chi connectivity index (χ0v) is 10.1. The first-order valence-electron chi connectivity index (χ1n) is 6.07. The number of amides is 1. The lowest BCUT2D eigenvalue weighted by Gasteiger charge is -2.05. The van der Waals surface area contributed by atoms with E-state index in [0.29, 0.717) is 6.42 Å². The van der Waals surface area contributed by atoms with E-state index >= 15 is 0 Å². The normalized spacial score (nSPS) is 12.4. The van der Waals surface area contributed by atoms with Crippen LogP contribution in [0.1, 0.15) is 58.3 Å². The standard InChI is InChI=1S/C12H23NO3/c1-2-3-4-5-6-7-8-10(14)9-11(15)12(13)16/h11,15H,2-9H2,1H3,(H2,13,16). The number of aliphatic hydroxyl groups is 1. The second-order valence-corrected chi connectivity index (χ2v) is 4.18. The van der Waals surface area contributed by atoms with Crippen molar-refractivity contribution in [2.45, 2.75) is 64.4 Å². The largest absolute Gasteiger partial charge is 0.383 e. The third-order valence-electron chi connectivity index (χ3n) is 2.56. The average molecular weight is 229 g/mol. The van der Waals surface area contributed by atoms with Crippen LogP contribution < -0.4 is 5.73 Å². The maximum atomic E-state index is 11.3. The van der Waals surface area contributed by atoms with Crippen LogP contribution in [0.15, 0.2) is 0 Å². The molecule has 0 aromatic heterocycles. The number of ketones is 1. The van der Waals surface area contributed by atoms with Crippen molar-refractivity contribution < 1.29 is 14.7 Å². The van der Waals surface area contributed by atoms with Gasteiger partial charge in [-0.05, 0) is 6.42 Å². The van der Waals surface area contributed by atoms with Crippen LogP contribution in [-0.4, -0.2) is 22.9 Å². The second-order valence-electron chi connectivity index (χ2n) is 4.18. The number of unbranched alkanes of at least 4 members (excludes halogenated alkanes) is 5. The van der Waals surface area contributed by atoms with Gasteiger partial charge in [0, 0.05) is 12.8 Å². The molecule has 0 aromatic carbocycles. The summed E-state index contributed by atoms with van der Waals surface area (Å²) in [6, 6.07) is 0. The maximum Gasteiger partial charge on any atom is 0.246 e. The Bertz CT molecular complexity index is 216. The van der Waals surface area contributed by atoms with Crippen LogP contribution in [0.2, 0.25) is 0 Å². The van der Waals surface area contributed by atoms with Gasteiger partial charge in [-0.2, -0.15) is 0 Å². The molecule has 0 fully saturated rings. The molecule has 0 spiro atoms. The number of carbonyl (C=O) groups is 2. The Balaban J connectivity index is 3.40. The summed E-state index contributed by atoms with van der Waals surface area (Å²) in [5, 5.41) is 9.07. The van der Waals surface area contributed by atoms with Crippen LogP contribution >= 0.6 is 0 Å². The fourth-order valence-corrected chi connectivity index (χ4v) is 1.52. The number of aliphatic hydroxyl groups excluding tert-OH is 1. The van der Waals surface area contributed by atoms with Crippen LogP contribution in [0.3, 0.4) is 0 Å². The molecule has 3 N–H and O–H groups in total. The molecule has 0 aromatic rings. The molecule has 0 heterocycles. The maximum absolute atomic E-state index is 11.3. The lowest BCUT2D eigenvalue weighted by Crippen LogP contribution is -2.30. The quantitative estimate of drug-likeness (QED) is 0.558. The molecule has 1 atom stereocenters. The van der Waals surface area contributed by atoms with Gasteiger partial charge in [-0.15, -0.1) is 0 Å². The summed E-state index contributed by atoms with van der Waals surface area (Å²) in [4.78, 5) is 21.8. The summed E-state index contributed by atoms with van der Waals surface area (Å²) in [5.41, 5.74) is 4.85. The first-order valence-corrected chi connectivity index (χ1v) is 6.07. The van der Waals surface area contributed by atoms with Crippen LogP contribution in [0, 0.1) is 0 Å². The summed E-state index contributed by atoms with van der Waals surface area (Å²) in [6.45, 7) is 2.16. The van der Waals surface area contributed by atoms with Gasteiger partial charge >= 0.3 is 0 Å². The molecule has 0 aliphatic rings. The molecule has 16 heavy (non-hydrogen) atoms. The highest BCUT2D eigenvalue weighted by atomic mass is 16.3. The van der Waals surface area contributed by atoms with Gasteiger partial charge in [0.2, 0.25) is 5.91 Å². The zero-order valence-electron chi connectivity index (χ0n) is 10.1. The monoisotopic (exact) mass is 229 g/mol. The van der Waals surface area contributed by atoms with Gasteiger partial charge in [0.1, 0.15) is 11.9 Å². The van der Waals surface area contributed by atoms with E-state index in [2.05, 4.69) is 6.92 Å². The molecule has 0 saturated heterocycles. The molecule has 4 heteroatoms. The molecule has 94 valence electrons. The molecule has 0 bridgehead atoms. The summed E-state index contributed by atoms with van der Waals surface area (Å²) in [7, 11) is 0. The second kappa shape index (κ2) is 9.33. The first kappa shape index (κ1) is 15.1. The number of rotatable bonds is 10. The van der Waals surface area contributed by atoms with E-state index in [1.165, 1.54) is 19.3 Å². The summed E-state index contributed by atoms with van der Waals surface area (Å²) in [6.07, 6.45) is 5.70. The number of primary amides is 1. The molecule has 1 unspecified atom stereocenters. The highest BCUT2D eigenvalue weighted by molar-refractivity contribution is 5.87. The van der Waals surface area contributed by atoms with E-state index in [0.717, 1.165) is 19.3 Å². The van der Waals surface area contributed by atoms with Gasteiger partial charge in [0.25, 0.3) is 0 Å². The minimum atomic E-state index is -1.31. The number of carbonyl (C=O) groups excluding carboxylic acids is 2. The minimum absolute atomic E-state index is 0.0817. The SMILES string of the molecule is CCCCCCCCC(=O)CC(O)C(N)=O. The van der Waals surface area contributed by atoms with Crippen molar-refractivity contribution in [2.24, 2.45) is 5.73 Å². The number of hydrogen-bond donors (Lipinski definition) is 2. The van der Waals surface area contributed by atoms with Crippen LogP contribution in [0.4, 0.5) is 0 Å². The Hall–Kier alpha value is -0.900. The summed E-state index contributed by atoms with van der Waals surface area (Å²) < 4.78 is 0. The highest BCUT2D eigenvalue weighted by Gasteiger charge is 2.15. The molecule has 4 nitrogen and oxygen atoms in total. The Morgan fingerprint density at radius 2 is 1.69 bits per heavy atom. The molecule has 1 amide bonds. The lowest BCUT2D eigenvalue weighted by atomic mass is 10.0.